The summed E-state index contributed by atoms with van der Waals surface area (Å²) in [6.45, 7) is 4.72. The number of nitrogens with zero attached hydrogens (tertiary/aromatic N) is 1. The molecule has 0 radical (unpaired) electrons. The van der Waals surface area contributed by atoms with E-state index in [-0.39, 0.29) is 5.41 Å². The molecule has 50 heavy (non-hydrogen) atoms. The van der Waals surface area contributed by atoms with E-state index in [0.717, 1.165) is 17.1 Å². The number of fused-ring (bicyclic) bond motifs is 4. The zero-order valence-corrected chi connectivity index (χ0v) is 28.3. The standard InChI is InChI=1S/C49H37N/c1-49(2)47-29-24-37(34-14-6-3-7-15-34)31-46(47)44-28-27-42(33-48(44)49)50(40-19-10-5-11-20-40)41-25-22-35(23-26-41)39-30-38-18-12-13-21-43(38)45(32-39)36-16-8-4-9-17-36/h3-33H,1-2H3. The Labute approximate surface area is 294 Å². The smallest absolute Gasteiger partial charge is 0.0465 e. The van der Waals surface area contributed by atoms with Gasteiger partial charge < -0.3 is 4.90 Å². The predicted octanol–water partition coefficient (Wildman–Crippen LogP) is 13.6. The molecule has 0 heterocycles. The summed E-state index contributed by atoms with van der Waals surface area (Å²) in [6.07, 6.45) is 0. The van der Waals surface area contributed by atoms with E-state index in [4.69, 9.17) is 0 Å². The molecule has 1 heteroatoms. The van der Waals surface area contributed by atoms with E-state index >= 15 is 0 Å². The zero-order chi connectivity index (χ0) is 33.7. The Bertz CT molecular complexity index is 2480. The van der Waals surface area contributed by atoms with Crippen LogP contribution in [-0.2, 0) is 5.41 Å². The van der Waals surface area contributed by atoms with Gasteiger partial charge in [-0.25, -0.2) is 0 Å². The third kappa shape index (κ3) is 5.11. The first-order chi connectivity index (χ1) is 24.5. The highest BCUT2D eigenvalue weighted by molar-refractivity contribution is 6.00. The molecule has 0 aliphatic heterocycles. The fraction of sp³-hybridized carbons (Fsp3) is 0.0612. The Hall–Kier alpha value is -6.18. The highest BCUT2D eigenvalue weighted by atomic mass is 15.1. The summed E-state index contributed by atoms with van der Waals surface area (Å²) in [6, 6.07) is 68.5. The molecular formula is C49H37N. The van der Waals surface area contributed by atoms with Crippen molar-refractivity contribution in [2.75, 3.05) is 4.90 Å². The van der Waals surface area contributed by atoms with Crippen molar-refractivity contribution in [3.63, 3.8) is 0 Å². The molecule has 0 aromatic heterocycles. The Kier molecular flexibility index (Phi) is 7.21. The van der Waals surface area contributed by atoms with Crippen molar-refractivity contribution in [3.05, 3.63) is 199 Å². The van der Waals surface area contributed by atoms with Crippen LogP contribution in [0.1, 0.15) is 25.0 Å². The van der Waals surface area contributed by atoms with E-state index in [1.54, 1.807) is 0 Å². The van der Waals surface area contributed by atoms with Crippen LogP contribution >= 0.6 is 0 Å². The summed E-state index contributed by atoms with van der Waals surface area (Å²) in [5, 5.41) is 2.52. The van der Waals surface area contributed by atoms with Gasteiger partial charge in [0.15, 0.2) is 0 Å². The SMILES string of the molecule is CC1(C)c2ccc(-c3ccccc3)cc2-c2ccc(N(c3ccccc3)c3ccc(-c4cc(-c5ccccc5)c5ccccc5c4)cc3)cc21. The molecule has 1 nitrogen and oxygen atoms in total. The van der Waals surface area contributed by atoms with Crippen molar-refractivity contribution < 1.29 is 0 Å². The molecule has 8 aromatic carbocycles. The fourth-order valence-corrected chi connectivity index (χ4v) is 7.85. The first-order valence-corrected chi connectivity index (χ1v) is 17.4. The maximum atomic E-state index is 2.41. The van der Waals surface area contributed by atoms with Gasteiger partial charge >= 0.3 is 0 Å². The third-order valence-electron chi connectivity index (χ3n) is 10.4. The largest absolute Gasteiger partial charge is 0.310 e. The van der Waals surface area contributed by atoms with E-state index in [9.17, 15) is 0 Å². The van der Waals surface area contributed by atoms with Gasteiger partial charge in [-0.15, -0.1) is 0 Å². The molecule has 0 saturated heterocycles. The Morgan fingerprint density at radius 3 is 1.64 bits per heavy atom. The molecule has 238 valence electrons. The highest BCUT2D eigenvalue weighted by Crippen LogP contribution is 2.51. The number of para-hydroxylation sites is 1. The van der Waals surface area contributed by atoms with Crippen molar-refractivity contribution in [1.82, 2.24) is 0 Å². The summed E-state index contributed by atoms with van der Waals surface area (Å²) in [4.78, 5) is 2.38. The normalized spacial score (nSPS) is 12.8. The molecule has 0 spiro atoms. The molecule has 0 saturated carbocycles. The second kappa shape index (κ2) is 12.1. The van der Waals surface area contributed by atoms with Crippen molar-refractivity contribution in [1.29, 1.82) is 0 Å². The minimum absolute atomic E-state index is 0.116. The minimum atomic E-state index is -0.116. The van der Waals surface area contributed by atoms with Gasteiger partial charge in [-0.05, 0) is 121 Å². The molecule has 1 aliphatic carbocycles. The van der Waals surface area contributed by atoms with E-state index < -0.39 is 0 Å². The molecule has 0 unspecified atom stereocenters. The topological polar surface area (TPSA) is 3.24 Å². The fourth-order valence-electron chi connectivity index (χ4n) is 7.85. The lowest BCUT2D eigenvalue weighted by Crippen LogP contribution is -2.16. The molecule has 1 aliphatic rings. The number of anilines is 3. The second-order valence-electron chi connectivity index (χ2n) is 13.8. The van der Waals surface area contributed by atoms with Gasteiger partial charge in [0.25, 0.3) is 0 Å². The monoisotopic (exact) mass is 639 g/mol. The zero-order valence-electron chi connectivity index (χ0n) is 28.3. The molecule has 8 aromatic rings. The van der Waals surface area contributed by atoms with Crippen LogP contribution in [0.15, 0.2) is 188 Å². The van der Waals surface area contributed by atoms with Crippen LogP contribution in [0.2, 0.25) is 0 Å². The van der Waals surface area contributed by atoms with Crippen LogP contribution in [0.4, 0.5) is 17.1 Å². The first kappa shape index (κ1) is 29.9. The van der Waals surface area contributed by atoms with Gasteiger partial charge in [-0.3, -0.25) is 0 Å². The molecule has 0 bridgehead atoms. The number of hydrogen-bond donors (Lipinski definition) is 0. The summed E-state index contributed by atoms with van der Waals surface area (Å²) in [5.41, 5.74) is 16.1. The lowest BCUT2D eigenvalue weighted by Gasteiger charge is -2.28. The third-order valence-corrected chi connectivity index (χ3v) is 10.4. The number of hydrogen-bond acceptors (Lipinski definition) is 1. The molecule has 9 rings (SSSR count). The van der Waals surface area contributed by atoms with Gasteiger partial charge in [0.2, 0.25) is 0 Å². The molecule has 0 N–H and O–H groups in total. The predicted molar refractivity (Wildman–Crippen MR) is 213 cm³/mol. The summed E-state index contributed by atoms with van der Waals surface area (Å²) < 4.78 is 0. The van der Waals surface area contributed by atoms with Crippen molar-refractivity contribution >= 4 is 27.8 Å². The lowest BCUT2D eigenvalue weighted by molar-refractivity contribution is 0.660. The van der Waals surface area contributed by atoms with Crippen LogP contribution in [0.25, 0.3) is 55.3 Å². The van der Waals surface area contributed by atoms with Crippen LogP contribution in [0.5, 0.6) is 0 Å². The first-order valence-electron chi connectivity index (χ1n) is 17.4. The van der Waals surface area contributed by atoms with Gasteiger partial charge in [-0.2, -0.15) is 0 Å². The van der Waals surface area contributed by atoms with Gasteiger partial charge in [-0.1, -0.05) is 147 Å². The Balaban J connectivity index is 1.12. The van der Waals surface area contributed by atoms with Crippen molar-refractivity contribution in [3.8, 4) is 44.5 Å². The maximum absolute atomic E-state index is 2.41. The van der Waals surface area contributed by atoms with E-state index in [1.165, 1.54) is 66.4 Å². The van der Waals surface area contributed by atoms with Crippen LogP contribution in [-0.4, -0.2) is 0 Å². The van der Waals surface area contributed by atoms with Gasteiger partial charge in [0.1, 0.15) is 0 Å². The molecule has 0 atom stereocenters. The molecule has 0 fully saturated rings. The Morgan fingerprint density at radius 1 is 0.340 bits per heavy atom. The minimum Gasteiger partial charge on any atom is -0.310 e. The number of rotatable bonds is 6. The highest BCUT2D eigenvalue weighted by Gasteiger charge is 2.36. The van der Waals surface area contributed by atoms with Gasteiger partial charge in [0, 0.05) is 22.5 Å². The van der Waals surface area contributed by atoms with E-state index in [2.05, 4.69) is 207 Å². The van der Waals surface area contributed by atoms with Crippen LogP contribution < -0.4 is 4.90 Å². The lowest BCUT2D eigenvalue weighted by atomic mass is 9.82. The maximum Gasteiger partial charge on any atom is 0.0465 e. The molecular weight excluding hydrogens is 603 g/mol. The van der Waals surface area contributed by atoms with Crippen molar-refractivity contribution in [2.24, 2.45) is 0 Å². The Morgan fingerprint density at radius 2 is 0.900 bits per heavy atom. The van der Waals surface area contributed by atoms with Gasteiger partial charge in [0.05, 0.1) is 0 Å². The average Bonchev–Trinajstić information content (AvgIpc) is 3.41. The average molecular weight is 640 g/mol. The summed E-state index contributed by atoms with van der Waals surface area (Å²) in [7, 11) is 0. The van der Waals surface area contributed by atoms with Crippen molar-refractivity contribution in [2.45, 2.75) is 19.3 Å². The summed E-state index contributed by atoms with van der Waals surface area (Å²) >= 11 is 0. The van der Waals surface area contributed by atoms with E-state index in [1.807, 2.05) is 0 Å². The van der Waals surface area contributed by atoms with E-state index in [0.29, 0.717) is 0 Å². The quantitative estimate of drug-likeness (QED) is 0.175. The molecule has 0 amide bonds. The van der Waals surface area contributed by atoms with Crippen LogP contribution in [0, 0.1) is 0 Å². The second-order valence-corrected chi connectivity index (χ2v) is 13.8. The van der Waals surface area contributed by atoms with Crippen LogP contribution in [0.3, 0.4) is 0 Å². The number of benzene rings is 8. The summed E-state index contributed by atoms with van der Waals surface area (Å²) in [5.74, 6) is 0.